The zero-order chi connectivity index (χ0) is 17.7. The van der Waals surface area contributed by atoms with Gasteiger partial charge in [0, 0.05) is 13.6 Å². The maximum absolute atomic E-state index is 12.1. The highest BCUT2D eigenvalue weighted by Crippen LogP contribution is 2.27. The molecular weight excluding hydrogens is 346 g/mol. The van der Waals surface area contributed by atoms with Crippen molar-refractivity contribution < 1.29 is 9.59 Å². The summed E-state index contributed by atoms with van der Waals surface area (Å²) in [7, 11) is 1.86. The van der Waals surface area contributed by atoms with Crippen LogP contribution >= 0.6 is 23.1 Å². The largest absolute Gasteiger partial charge is 0.338 e. The van der Waals surface area contributed by atoms with Gasteiger partial charge in [0.15, 0.2) is 11.0 Å². The Morgan fingerprint density at radius 3 is 2.71 bits per heavy atom. The molecule has 2 N–H and O–H groups in total. The second kappa shape index (κ2) is 8.29. The second-order valence-corrected chi connectivity index (χ2v) is 7.95. The molecule has 0 saturated carbocycles. The number of amides is 3. The minimum atomic E-state index is -0.474. The Labute approximate surface area is 149 Å². The average Bonchev–Trinajstić information content (AvgIpc) is 3.16. The van der Waals surface area contributed by atoms with E-state index in [1.807, 2.05) is 43.0 Å². The summed E-state index contributed by atoms with van der Waals surface area (Å²) >= 11 is 2.84. The fourth-order valence-corrected chi connectivity index (χ4v) is 3.36. The summed E-state index contributed by atoms with van der Waals surface area (Å²) in [5.74, 6) is 0.726. The molecule has 2 heterocycles. The Morgan fingerprint density at radius 1 is 1.33 bits per heavy atom. The maximum atomic E-state index is 12.1. The highest BCUT2D eigenvalue weighted by Gasteiger charge is 2.21. The molecule has 2 aromatic rings. The van der Waals surface area contributed by atoms with Gasteiger partial charge >= 0.3 is 6.03 Å². The van der Waals surface area contributed by atoms with Gasteiger partial charge in [0.25, 0.3) is 0 Å². The summed E-state index contributed by atoms with van der Waals surface area (Å²) in [5, 5.41) is 15.4. The van der Waals surface area contributed by atoms with Crippen LogP contribution in [0.4, 0.5) is 4.79 Å². The topological polar surface area (TPSA) is 88.9 Å². The first-order chi connectivity index (χ1) is 11.4. The molecule has 3 amide bonds. The second-order valence-electron chi connectivity index (χ2n) is 5.70. The van der Waals surface area contributed by atoms with Crippen LogP contribution in [-0.2, 0) is 11.8 Å². The third-order valence-electron chi connectivity index (χ3n) is 3.14. The molecule has 0 spiro atoms. The SMILES string of the molecule is CC(C)CNC(=O)NC(=O)[C@H](C)Sc1nnc(-c2cccs2)n1C. The number of urea groups is 1. The Bertz CT molecular complexity index is 697. The number of nitrogens with zero attached hydrogens (tertiary/aromatic N) is 3. The third kappa shape index (κ3) is 4.81. The van der Waals surface area contributed by atoms with E-state index >= 15 is 0 Å². The Hall–Kier alpha value is -1.87. The predicted molar refractivity (Wildman–Crippen MR) is 96.0 cm³/mol. The molecule has 9 heteroatoms. The molecule has 0 aromatic carbocycles. The summed E-state index contributed by atoms with van der Waals surface area (Å²) < 4.78 is 1.85. The van der Waals surface area contributed by atoms with Gasteiger partial charge in [0.2, 0.25) is 5.91 Å². The van der Waals surface area contributed by atoms with Crippen LogP contribution in [0.3, 0.4) is 0 Å². The number of carbonyl (C=O) groups excluding carboxylic acids is 2. The third-order valence-corrected chi connectivity index (χ3v) is 5.14. The summed E-state index contributed by atoms with van der Waals surface area (Å²) in [5.41, 5.74) is 0. The number of nitrogens with one attached hydrogen (secondary N) is 2. The van der Waals surface area contributed by atoms with Crippen molar-refractivity contribution in [3.8, 4) is 10.7 Å². The molecule has 0 bridgehead atoms. The highest BCUT2D eigenvalue weighted by atomic mass is 32.2. The van der Waals surface area contributed by atoms with Crippen LogP contribution in [0, 0.1) is 5.92 Å². The number of aromatic nitrogens is 3. The summed E-state index contributed by atoms with van der Waals surface area (Å²) in [4.78, 5) is 24.8. The van der Waals surface area contributed by atoms with Crippen molar-refractivity contribution in [3.05, 3.63) is 17.5 Å². The highest BCUT2D eigenvalue weighted by molar-refractivity contribution is 8.00. The van der Waals surface area contributed by atoms with Crippen LogP contribution in [0.2, 0.25) is 0 Å². The lowest BCUT2D eigenvalue weighted by atomic mass is 10.2. The number of imide groups is 1. The number of hydrogen-bond donors (Lipinski definition) is 2. The minimum Gasteiger partial charge on any atom is -0.338 e. The van der Waals surface area contributed by atoms with E-state index in [1.54, 1.807) is 18.3 Å². The fraction of sp³-hybridized carbons (Fsp3) is 0.467. The molecular formula is C15H21N5O2S2. The van der Waals surface area contributed by atoms with Crippen molar-refractivity contribution in [1.29, 1.82) is 0 Å². The van der Waals surface area contributed by atoms with Crippen LogP contribution in [-0.4, -0.2) is 38.5 Å². The molecule has 2 rings (SSSR count). The summed E-state index contributed by atoms with van der Waals surface area (Å²) in [6.07, 6.45) is 0. The first-order valence-corrected chi connectivity index (χ1v) is 9.33. The van der Waals surface area contributed by atoms with Crippen LogP contribution in [0.15, 0.2) is 22.7 Å². The van der Waals surface area contributed by atoms with E-state index in [4.69, 9.17) is 0 Å². The molecule has 0 saturated heterocycles. The van der Waals surface area contributed by atoms with E-state index in [9.17, 15) is 9.59 Å². The van der Waals surface area contributed by atoms with E-state index < -0.39 is 11.3 Å². The number of rotatable bonds is 6. The Balaban J connectivity index is 1.93. The predicted octanol–water partition coefficient (Wildman–Crippen LogP) is 2.51. The zero-order valence-electron chi connectivity index (χ0n) is 14.1. The zero-order valence-corrected chi connectivity index (χ0v) is 15.7. The molecule has 2 aromatic heterocycles. The van der Waals surface area contributed by atoms with Crippen molar-refractivity contribution in [3.63, 3.8) is 0 Å². The lowest BCUT2D eigenvalue weighted by Crippen LogP contribution is -2.43. The summed E-state index contributed by atoms with van der Waals surface area (Å²) in [6, 6.07) is 3.45. The standard InChI is InChI=1S/C15H21N5O2S2/c1-9(2)8-16-14(22)17-13(21)10(3)24-15-19-18-12(20(15)4)11-6-5-7-23-11/h5-7,9-10H,8H2,1-4H3,(H2,16,17,21,22)/t10-/m0/s1. The van der Waals surface area contributed by atoms with Gasteiger partial charge in [0.1, 0.15) is 0 Å². The first kappa shape index (κ1) is 18.5. The maximum Gasteiger partial charge on any atom is 0.321 e. The molecule has 0 fully saturated rings. The molecule has 0 aliphatic carbocycles. The molecule has 7 nitrogen and oxygen atoms in total. The van der Waals surface area contributed by atoms with Crippen LogP contribution in [0.5, 0.6) is 0 Å². The molecule has 0 radical (unpaired) electrons. The number of carbonyl (C=O) groups is 2. The Morgan fingerprint density at radius 2 is 2.08 bits per heavy atom. The number of thiophene rings is 1. The smallest absolute Gasteiger partial charge is 0.321 e. The van der Waals surface area contributed by atoms with Crippen molar-refractivity contribution >= 4 is 35.0 Å². The lowest BCUT2D eigenvalue weighted by molar-refractivity contribution is -0.119. The number of thioether (sulfide) groups is 1. The quantitative estimate of drug-likeness (QED) is 0.766. The number of hydrogen-bond acceptors (Lipinski definition) is 6. The van der Waals surface area contributed by atoms with Crippen molar-refractivity contribution in [2.24, 2.45) is 13.0 Å². The normalized spacial score (nSPS) is 12.2. The van der Waals surface area contributed by atoms with Gasteiger partial charge in [0.05, 0.1) is 10.1 Å². The van der Waals surface area contributed by atoms with Crippen molar-refractivity contribution in [1.82, 2.24) is 25.4 Å². The van der Waals surface area contributed by atoms with E-state index in [-0.39, 0.29) is 5.91 Å². The molecule has 0 aliphatic heterocycles. The van der Waals surface area contributed by atoms with E-state index in [0.29, 0.717) is 17.6 Å². The van der Waals surface area contributed by atoms with Gasteiger partial charge < -0.3 is 9.88 Å². The van der Waals surface area contributed by atoms with Gasteiger partial charge in [-0.15, -0.1) is 21.5 Å². The van der Waals surface area contributed by atoms with Crippen LogP contribution in [0.25, 0.3) is 10.7 Å². The van der Waals surface area contributed by atoms with E-state index in [1.165, 1.54) is 11.8 Å². The fourth-order valence-electron chi connectivity index (χ4n) is 1.80. The summed E-state index contributed by atoms with van der Waals surface area (Å²) in [6.45, 7) is 6.23. The first-order valence-electron chi connectivity index (χ1n) is 7.57. The molecule has 0 aliphatic rings. The van der Waals surface area contributed by atoms with Crippen LogP contribution in [0.1, 0.15) is 20.8 Å². The van der Waals surface area contributed by atoms with Crippen molar-refractivity contribution in [2.45, 2.75) is 31.2 Å². The van der Waals surface area contributed by atoms with Gasteiger partial charge in [-0.1, -0.05) is 31.7 Å². The van der Waals surface area contributed by atoms with Crippen molar-refractivity contribution in [2.75, 3.05) is 6.54 Å². The van der Waals surface area contributed by atoms with Gasteiger partial charge in [-0.3, -0.25) is 10.1 Å². The average molecular weight is 368 g/mol. The van der Waals surface area contributed by atoms with Gasteiger partial charge in [-0.2, -0.15) is 0 Å². The van der Waals surface area contributed by atoms with Gasteiger partial charge in [-0.05, 0) is 24.3 Å². The van der Waals surface area contributed by atoms with E-state index in [2.05, 4.69) is 20.8 Å². The molecule has 24 heavy (non-hydrogen) atoms. The van der Waals surface area contributed by atoms with Gasteiger partial charge in [-0.25, -0.2) is 4.79 Å². The monoisotopic (exact) mass is 367 g/mol. The minimum absolute atomic E-state index is 0.326. The Kier molecular flexibility index (Phi) is 6.38. The van der Waals surface area contributed by atoms with E-state index in [0.717, 1.165) is 10.7 Å². The molecule has 1 atom stereocenters. The molecule has 0 unspecified atom stereocenters. The molecule has 130 valence electrons. The lowest BCUT2D eigenvalue weighted by Gasteiger charge is -2.12. The van der Waals surface area contributed by atoms with Crippen LogP contribution < -0.4 is 10.6 Å².